The molecule has 0 aromatic heterocycles. The molecule has 1 atom stereocenters. The molecule has 3 nitrogen and oxygen atoms in total. The zero-order chi connectivity index (χ0) is 28.5. The molecule has 234 valence electrons. The van der Waals surface area contributed by atoms with Crippen molar-refractivity contribution in [2.75, 3.05) is 6.61 Å². The first-order valence-corrected chi connectivity index (χ1v) is 17.8. The maximum absolute atomic E-state index is 11.1. The number of aliphatic hydroxyl groups is 1. The quantitative estimate of drug-likeness (QED) is 0.0368. The van der Waals surface area contributed by atoms with Gasteiger partial charge in [-0.05, 0) is 38.5 Å². The van der Waals surface area contributed by atoms with Gasteiger partial charge in [0.25, 0.3) is 0 Å². The molecule has 0 radical (unpaired) electrons. The molecule has 0 fully saturated rings. The van der Waals surface area contributed by atoms with Gasteiger partial charge in [-0.25, -0.2) is 4.89 Å². The molecular formula is C36H72O3. The molecule has 3 heteroatoms. The Balaban J connectivity index is 3.66. The van der Waals surface area contributed by atoms with Gasteiger partial charge < -0.3 is 5.11 Å². The molecule has 0 spiro atoms. The van der Waals surface area contributed by atoms with E-state index in [1.165, 1.54) is 161 Å². The van der Waals surface area contributed by atoms with Crippen LogP contribution in [-0.4, -0.2) is 22.6 Å². The highest BCUT2D eigenvalue weighted by Gasteiger charge is 2.25. The summed E-state index contributed by atoms with van der Waals surface area (Å²) >= 11 is 0. The van der Waals surface area contributed by atoms with Crippen molar-refractivity contribution >= 4 is 0 Å². The van der Waals surface area contributed by atoms with Gasteiger partial charge in [-0.3, -0.25) is 5.26 Å². The third kappa shape index (κ3) is 30.4. The molecular weight excluding hydrogens is 480 g/mol. The van der Waals surface area contributed by atoms with E-state index in [1.807, 2.05) is 0 Å². The maximum atomic E-state index is 11.1. The normalized spacial score (nSPS) is 13.4. The van der Waals surface area contributed by atoms with Crippen LogP contribution in [-0.2, 0) is 4.89 Å². The van der Waals surface area contributed by atoms with Gasteiger partial charge in [-0.15, -0.1) is 0 Å². The molecule has 2 N–H and O–H groups in total. The third-order valence-corrected chi connectivity index (χ3v) is 8.56. The Labute approximate surface area is 245 Å². The van der Waals surface area contributed by atoms with Gasteiger partial charge in [0.2, 0.25) is 0 Å². The van der Waals surface area contributed by atoms with E-state index in [1.54, 1.807) is 0 Å². The van der Waals surface area contributed by atoms with Crippen LogP contribution in [0.4, 0.5) is 0 Å². The lowest BCUT2D eigenvalue weighted by Gasteiger charge is -2.28. The topological polar surface area (TPSA) is 49.7 Å². The SMILES string of the molecule is CCCCCCCC/C=C\CCCCCCCCC(O)(CCCCCCCCCCCCCCC)CCOO. The van der Waals surface area contributed by atoms with E-state index >= 15 is 0 Å². The molecule has 0 saturated heterocycles. The summed E-state index contributed by atoms with van der Waals surface area (Å²) in [5.41, 5.74) is -0.665. The predicted octanol–water partition coefficient (Wildman–Crippen LogP) is 12.5. The van der Waals surface area contributed by atoms with Crippen molar-refractivity contribution in [3.8, 4) is 0 Å². The lowest BCUT2D eigenvalue weighted by atomic mass is 9.87. The first-order chi connectivity index (χ1) is 19.2. The Kier molecular flexibility index (Phi) is 31.8. The summed E-state index contributed by atoms with van der Waals surface area (Å²) in [6.45, 7) is 4.80. The first-order valence-electron chi connectivity index (χ1n) is 17.8. The van der Waals surface area contributed by atoms with Crippen LogP contribution < -0.4 is 0 Å². The second kappa shape index (κ2) is 32.1. The minimum Gasteiger partial charge on any atom is -0.390 e. The smallest absolute Gasteiger partial charge is 0.0847 e. The van der Waals surface area contributed by atoms with E-state index in [0.29, 0.717) is 6.42 Å². The molecule has 0 aliphatic rings. The predicted molar refractivity (Wildman–Crippen MR) is 173 cm³/mol. The summed E-state index contributed by atoms with van der Waals surface area (Å²) in [4.78, 5) is 4.32. The largest absolute Gasteiger partial charge is 0.390 e. The fourth-order valence-corrected chi connectivity index (χ4v) is 5.78. The Bertz CT molecular complexity index is 478. The van der Waals surface area contributed by atoms with Crippen LogP contribution in [0.3, 0.4) is 0 Å². The van der Waals surface area contributed by atoms with Crippen LogP contribution in [0.2, 0.25) is 0 Å². The fourth-order valence-electron chi connectivity index (χ4n) is 5.78. The zero-order valence-electron chi connectivity index (χ0n) is 26.9. The summed E-state index contributed by atoms with van der Waals surface area (Å²) in [6, 6.07) is 0. The Hall–Kier alpha value is -0.380. The number of unbranched alkanes of at least 4 members (excludes halogenated alkanes) is 24. The van der Waals surface area contributed by atoms with Gasteiger partial charge in [0.1, 0.15) is 0 Å². The third-order valence-electron chi connectivity index (χ3n) is 8.56. The minimum absolute atomic E-state index is 0.237. The van der Waals surface area contributed by atoms with Crippen LogP contribution in [0.5, 0.6) is 0 Å². The van der Waals surface area contributed by atoms with Crippen LogP contribution in [0.1, 0.15) is 206 Å². The molecule has 0 aliphatic carbocycles. The van der Waals surface area contributed by atoms with Crippen molar-refractivity contribution in [3.63, 3.8) is 0 Å². The van der Waals surface area contributed by atoms with Gasteiger partial charge >= 0.3 is 0 Å². The van der Waals surface area contributed by atoms with E-state index in [2.05, 4.69) is 30.9 Å². The molecule has 0 heterocycles. The lowest BCUT2D eigenvalue weighted by Crippen LogP contribution is -2.30. The summed E-state index contributed by atoms with van der Waals surface area (Å²) in [5, 5.41) is 19.9. The second-order valence-electron chi connectivity index (χ2n) is 12.5. The molecule has 0 aromatic rings. The average molecular weight is 553 g/mol. The van der Waals surface area contributed by atoms with Crippen molar-refractivity contribution in [1.29, 1.82) is 0 Å². The molecule has 0 aromatic carbocycles. The van der Waals surface area contributed by atoms with Gasteiger partial charge in [-0.2, -0.15) is 0 Å². The molecule has 0 rings (SSSR count). The zero-order valence-corrected chi connectivity index (χ0v) is 26.9. The van der Waals surface area contributed by atoms with E-state index in [4.69, 9.17) is 5.26 Å². The van der Waals surface area contributed by atoms with Crippen molar-refractivity contribution in [2.45, 2.75) is 212 Å². The van der Waals surface area contributed by atoms with Gasteiger partial charge in [0.05, 0.1) is 12.2 Å². The van der Waals surface area contributed by atoms with Crippen LogP contribution in [0.25, 0.3) is 0 Å². The Morgan fingerprint density at radius 1 is 0.436 bits per heavy atom. The lowest BCUT2D eigenvalue weighted by molar-refractivity contribution is -0.249. The van der Waals surface area contributed by atoms with Gasteiger partial charge in [0, 0.05) is 6.42 Å². The number of allylic oxidation sites excluding steroid dienone is 2. The van der Waals surface area contributed by atoms with Crippen LogP contribution in [0, 0.1) is 0 Å². The number of hydrogen-bond donors (Lipinski definition) is 2. The Morgan fingerprint density at radius 3 is 1.08 bits per heavy atom. The van der Waals surface area contributed by atoms with Gasteiger partial charge in [-0.1, -0.05) is 174 Å². The fraction of sp³-hybridized carbons (Fsp3) is 0.944. The van der Waals surface area contributed by atoms with E-state index in [-0.39, 0.29) is 6.61 Å². The standard InChI is InChI=1S/C36H72O3/c1-3-5-7-9-11-13-15-17-18-19-21-23-25-27-29-31-33-36(37,34-35-39-38)32-30-28-26-24-22-20-16-14-12-10-8-6-4-2/h17-18,37-38H,3-16,19-35H2,1-2H3/b18-17-. The summed E-state index contributed by atoms with van der Waals surface area (Å²) in [7, 11) is 0. The van der Waals surface area contributed by atoms with Gasteiger partial charge in [0.15, 0.2) is 0 Å². The highest BCUT2D eigenvalue weighted by atomic mass is 17.1. The van der Waals surface area contributed by atoms with Crippen LogP contribution >= 0.6 is 0 Å². The highest BCUT2D eigenvalue weighted by Crippen LogP contribution is 2.27. The number of rotatable bonds is 33. The molecule has 0 saturated carbocycles. The monoisotopic (exact) mass is 553 g/mol. The molecule has 0 bridgehead atoms. The molecule has 1 unspecified atom stereocenters. The van der Waals surface area contributed by atoms with E-state index < -0.39 is 5.60 Å². The minimum atomic E-state index is -0.665. The summed E-state index contributed by atoms with van der Waals surface area (Å²) < 4.78 is 0. The van der Waals surface area contributed by atoms with E-state index in [0.717, 1.165) is 25.7 Å². The van der Waals surface area contributed by atoms with E-state index in [9.17, 15) is 5.11 Å². The molecule has 39 heavy (non-hydrogen) atoms. The summed E-state index contributed by atoms with van der Waals surface area (Å²) in [6.07, 6.45) is 42.8. The first kappa shape index (κ1) is 38.6. The maximum Gasteiger partial charge on any atom is 0.0847 e. The van der Waals surface area contributed by atoms with Crippen LogP contribution in [0.15, 0.2) is 12.2 Å². The van der Waals surface area contributed by atoms with Crippen molar-refractivity contribution in [3.05, 3.63) is 12.2 Å². The summed E-state index contributed by atoms with van der Waals surface area (Å²) in [5.74, 6) is 0. The second-order valence-corrected chi connectivity index (χ2v) is 12.5. The molecule has 0 amide bonds. The van der Waals surface area contributed by atoms with Crippen molar-refractivity contribution in [1.82, 2.24) is 0 Å². The molecule has 0 aliphatic heterocycles. The number of hydrogen-bond acceptors (Lipinski definition) is 3. The van der Waals surface area contributed by atoms with Crippen molar-refractivity contribution < 1.29 is 15.3 Å². The Morgan fingerprint density at radius 2 is 0.744 bits per heavy atom. The van der Waals surface area contributed by atoms with Crippen molar-refractivity contribution in [2.24, 2.45) is 0 Å². The highest BCUT2D eigenvalue weighted by molar-refractivity contribution is 4.81. The average Bonchev–Trinajstić information content (AvgIpc) is 2.94.